The first-order chi connectivity index (χ1) is 14.9. The molecule has 0 bridgehead atoms. The van der Waals surface area contributed by atoms with Gasteiger partial charge in [-0.2, -0.15) is 0 Å². The Hall–Kier alpha value is -2.98. The van der Waals surface area contributed by atoms with Crippen molar-refractivity contribution in [1.82, 2.24) is 15.1 Å². The van der Waals surface area contributed by atoms with Crippen molar-refractivity contribution in [2.45, 2.75) is 32.2 Å². The first-order valence-electron chi connectivity index (χ1n) is 10.0. The molecule has 3 aliphatic rings. The lowest BCUT2D eigenvalue weighted by Crippen LogP contribution is -2.54. The van der Waals surface area contributed by atoms with Crippen molar-refractivity contribution >= 4 is 11.8 Å². The standard InChI is InChI=1S/C21H23F2N3O5/c1-2-15-10-31-18-8-25-7-13(9-30-11-17(27)19(25)21(29)26(15)18)20(28)24-6-12-3-4-14(22)5-16(12)23/h3-5,7,15,18,27H,2,6,8-11H2,1H3,(H,24,28)/b13-7+,19-17?/t15-,18+/m0/s1. The number of fused-ring (bicyclic) bond motifs is 2. The van der Waals surface area contributed by atoms with Gasteiger partial charge in [-0.15, -0.1) is 0 Å². The Morgan fingerprint density at radius 1 is 1.32 bits per heavy atom. The van der Waals surface area contributed by atoms with Gasteiger partial charge in [-0.1, -0.05) is 13.0 Å². The van der Waals surface area contributed by atoms with E-state index in [-0.39, 0.29) is 60.8 Å². The summed E-state index contributed by atoms with van der Waals surface area (Å²) in [6.45, 7) is 2.12. The van der Waals surface area contributed by atoms with Gasteiger partial charge >= 0.3 is 0 Å². The third kappa shape index (κ3) is 4.13. The molecule has 2 atom stereocenters. The summed E-state index contributed by atoms with van der Waals surface area (Å²) in [5, 5.41) is 13.0. The molecule has 31 heavy (non-hydrogen) atoms. The minimum Gasteiger partial charge on any atom is -0.507 e. The molecule has 3 aliphatic heterocycles. The Labute approximate surface area is 177 Å². The van der Waals surface area contributed by atoms with Gasteiger partial charge in [-0.25, -0.2) is 8.78 Å². The Kier molecular flexibility index (Phi) is 5.92. The average Bonchev–Trinajstić information content (AvgIpc) is 3.14. The highest BCUT2D eigenvalue weighted by molar-refractivity contribution is 5.96. The van der Waals surface area contributed by atoms with Crippen LogP contribution in [0.5, 0.6) is 0 Å². The number of amides is 2. The Morgan fingerprint density at radius 3 is 2.87 bits per heavy atom. The number of nitrogens with zero attached hydrogens (tertiary/aromatic N) is 2. The molecule has 10 heteroatoms. The van der Waals surface area contributed by atoms with Gasteiger partial charge in [0, 0.05) is 24.4 Å². The van der Waals surface area contributed by atoms with Crippen LogP contribution in [-0.2, 0) is 25.6 Å². The third-order valence-electron chi connectivity index (χ3n) is 5.56. The Balaban J connectivity index is 1.54. The Bertz CT molecular complexity index is 964. The number of hydrogen-bond acceptors (Lipinski definition) is 6. The summed E-state index contributed by atoms with van der Waals surface area (Å²) in [5.74, 6) is -2.59. The van der Waals surface area contributed by atoms with Gasteiger partial charge in [0.15, 0.2) is 6.23 Å². The van der Waals surface area contributed by atoms with E-state index < -0.39 is 23.8 Å². The maximum Gasteiger partial charge on any atom is 0.276 e. The molecule has 0 unspecified atom stereocenters. The van der Waals surface area contributed by atoms with Gasteiger partial charge in [-0.3, -0.25) is 9.59 Å². The van der Waals surface area contributed by atoms with E-state index in [0.717, 1.165) is 18.6 Å². The summed E-state index contributed by atoms with van der Waals surface area (Å²) in [5.41, 5.74) is 0.377. The molecule has 2 fully saturated rings. The fourth-order valence-corrected chi connectivity index (χ4v) is 3.91. The van der Waals surface area contributed by atoms with Crippen molar-refractivity contribution in [3.05, 3.63) is 58.6 Å². The highest BCUT2D eigenvalue weighted by atomic mass is 19.1. The van der Waals surface area contributed by atoms with Gasteiger partial charge in [-0.05, 0) is 12.5 Å². The fraction of sp³-hybridized carbons (Fsp3) is 0.429. The number of aliphatic hydroxyl groups excluding tert-OH is 1. The lowest BCUT2D eigenvalue weighted by Gasteiger charge is -2.40. The van der Waals surface area contributed by atoms with Crippen LogP contribution in [0.15, 0.2) is 41.4 Å². The first kappa shape index (κ1) is 21.3. The predicted molar refractivity (Wildman–Crippen MR) is 104 cm³/mol. The lowest BCUT2D eigenvalue weighted by molar-refractivity contribution is -0.141. The second-order valence-corrected chi connectivity index (χ2v) is 7.58. The van der Waals surface area contributed by atoms with Crippen LogP contribution < -0.4 is 5.32 Å². The molecule has 4 rings (SSSR count). The largest absolute Gasteiger partial charge is 0.507 e. The second kappa shape index (κ2) is 8.64. The molecule has 166 valence electrons. The van der Waals surface area contributed by atoms with Gasteiger partial charge < -0.3 is 29.7 Å². The van der Waals surface area contributed by atoms with Crippen molar-refractivity contribution in [3.8, 4) is 0 Å². The summed E-state index contributed by atoms with van der Waals surface area (Å²) in [6, 6.07) is 3.03. The molecular weight excluding hydrogens is 412 g/mol. The SMILES string of the molecule is CC[C@H]1CO[C@@H]2CN3/C=C(/C(=O)NCc4ccc(F)cc4F)COCC(O)=C3C(=O)N12. The van der Waals surface area contributed by atoms with Crippen molar-refractivity contribution in [3.63, 3.8) is 0 Å². The van der Waals surface area contributed by atoms with E-state index in [9.17, 15) is 23.5 Å². The average molecular weight is 435 g/mol. The number of carbonyl (C=O) groups excluding carboxylic acids is 2. The van der Waals surface area contributed by atoms with E-state index in [2.05, 4.69) is 5.32 Å². The molecular formula is C21H23F2N3O5. The van der Waals surface area contributed by atoms with Crippen molar-refractivity contribution in [2.24, 2.45) is 0 Å². The number of ether oxygens (including phenoxy) is 2. The van der Waals surface area contributed by atoms with Crippen LogP contribution in [0.1, 0.15) is 18.9 Å². The summed E-state index contributed by atoms with van der Waals surface area (Å²) in [7, 11) is 0. The topological polar surface area (TPSA) is 91.3 Å². The van der Waals surface area contributed by atoms with Crippen LogP contribution in [0.2, 0.25) is 0 Å². The van der Waals surface area contributed by atoms with E-state index in [1.54, 1.807) is 4.90 Å². The van der Waals surface area contributed by atoms with Gasteiger partial charge in [0.1, 0.15) is 29.7 Å². The van der Waals surface area contributed by atoms with E-state index in [4.69, 9.17) is 9.47 Å². The molecule has 0 spiro atoms. The van der Waals surface area contributed by atoms with Crippen LogP contribution in [-0.4, -0.2) is 65.4 Å². The van der Waals surface area contributed by atoms with Crippen LogP contribution >= 0.6 is 0 Å². The Morgan fingerprint density at radius 2 is 2.13 bits per heavy atom. The molecule has 0 aliphatic carbocycles. The van der Waals surface area contributed by atoms with E-state index in [0.29, 0.717) is 6.61 Å². The zero-order chi connectivity index (χ0) is 22.1. The van der Waals surface area contributed by atoms with E-state index in [1.807, 2.05) is 6.92 Å². The molecule has 1 aromatic carbocycles. The van der Waals surface area contributed by atoms with E-state index >= 15 is 0 Å². The van der Waals surface area contributed by atoms with Crippen LogP contribution in [0.3, 0.4) is 0 Å². The molecule has 2 amide bonds. The maximum absolute atomic E-state index is 13.8. The number of aliphatic hydroxyl groups is 1. The molecule has 8 nitrogen and oxygen atoms in total. The van der Waals surface area contributed by atoms with Crippen LogP contribution in [0, 0.1) is 11.6 Å². The molecule has 1 aromatic rings. The number of benzene rings is 1. The number of halogens is 2. The summed E-state index contributed by atoms with van der Waals surface area (Å²) < 4.78 is 38.0. The molecule has 0 saturated carbocycles. The molecule has 3 heterocycles. The van der Waals surface area contributed by atoms with Gasteiger partial charge in [0.2, 0.25) is 0 Å². The zero-order valence-corrected chi connectivity index (χ0v) is 16.9. The van der Waals surface area contributed by atoms with Gasteiger partial charge in [0.05, 0.1) is 31.4 Å². The van der Waals surface area contributed by atoms with Crippen LogP contribution in [0.25, 0.3) is 0 Å². The molecule has 0 radical (unpaired) electrons. The number of hydrogen-bond donors (Lipinski definition) is 2. The smallest absolute Gasteiger partial charge is 0.276 e. The third-order valence-corrected chi connectivity index (χ3v) is 5.56. The van der Waals surface area contributed by atoms with E-state index in [1.165, 1.54) is 17.2 Å². The minimum absolute atomic E-state index is 0.0507. The number of nitrogens with one attached hydrogen (secondary N) is 1. The summed E-state index contributed by atoms with van der Waals surface area (Å²) >= 11 is 0. The number of piperazine rings is 1. The zero-order valence-electron chi connectivity index (χ0n) is 16.9. The predicted octanol–water partition coefficient (Wildman–Crippen LogP) is 1.54. The van der Waals surface area contributed by atoms with Crippen molar-refractivity contribution < 1.29 is 33.0 Å². The number of carbonyl (C=O) groups is 2. The molecule has 2 saturated heterocycles. The fourth-order valence-electron chi connectivity index (χ4n) is 3.91. The highest BCUT2D eigenvalue weighted by Gasteiger charge is 2.45. The van der Waals surface area contributed by atoms with Crippen molar-refractivity contribution in [2.75, 3.05) is 26.4 Å². The maximum atomic E-state index is 13.8. The molecule has 2 N–H and O–H groups in total. The first-order valence-corrected chi connectivity index (χ1v) is 10.0. The van der Waals surface area contributed by atoms with Crippen LogP contribution in [0.4, 0.5) is 8.78 Å². The summed E-state index contributed by atoms with van der Waals surface area (Å²) in [6.07, 6.45) is 1.68. The minimum atomic E-state index is -0.760. The van der Waals surface area contributed by atoms with Crippen molar-refractivity contribution in [1.29, 1.82) is 0 Å². The molecule has 0 aromatic heterocycles. The lowest BCUT2D eigenvalue weighted by atomic mass is 10.1. The second-order valence-electron chi connectivity index (χ2n) is 7.58. The number of rotatable bonds is 4. The normalized spacial score (nSPS) is 25.4. The monoisotopic (exact) mass is 435 g/mol. The highest BCUT2D eigenvalue weighted by Crippen LogP contribution is 2.31. The summed E-state index contributed by atoms with van der Waals surface area (Å²) in [4.78, 5) is 28.9. The quantitative estimate of drug-likeness (QED) is 0.746. The van der Waals surface area contributed by atoms with Gasteiger partial charge in [0.25, 0.3) is 11.8 Å².